The van der Waals surface area contributed by atoms with Crippen LogP contribution in [0.25, 0.3) is 11.5 Å². The summed E-state index contributed by atoms with van der Waals surface area (Å²) in [7, 11) is 0. The van der Waals surface area contributed by atoms with E-state index in [9.17, 15) is 9.59 Å². The van der Waals surface area contributed by atoms with E-state index in [2.05, 4.69) is 12.2 Å². The van der Waals surface area contributed by atoms with Gasteiger partial charge in [0, 0.05) is 17.6 Å². The van der Waals surface area contributed by atoms with Gasteiger partial charge in [-0.25, -0.2) is 0 Å². The van der Waals surface area contributed by atoms with E-state index >= 15 is 0 Å². The molecule has 1 aliphatic carbocycles. The Bertz CT molecular complexity index is 1190. The number of furan rings is 1. The van der Waals surface area contributed by atoms with Gasteiger partial charge in [-0.1, -0.05) is 30.7 Å². The van der Waals surface area contributed by atoms with Gasteiger partial charge in [-0.3, -0.25) is 9.59 Å². The maximum atomic E-state index is 13.8. The average Bonchev–Trinajstić information content (AvgIpc) is 3.48. The molecule has 3 heterocycles. The van der Waals surface area contributed by atoms with Gasteiger partial charge in [-0.05, 0) is 80.5 Å². The predicted octanol–water partition coefficient (Wildman–Crippen LogP) is 5.51. The molecule has 0 unspecified atom stereocenters. The SMILES string of the molecule is CC1CCC(NC(=O)[C@@]2(C)Cn3c(ccc3-c3ccco3)C(=O)N2Cc2cccc(Cl)c2)CC1. The molecule has 2 aliphatic rings. The van der Waals surface area contributed by atoms with Crippen molar-refractivity contribution in [2.45, 2.75) is 64.2 Å². The topological polar surface area (TPSA) is 67.5 Å². The van der Waals surface area contributed by atoms with E-state index in [0.717, 1.165) is 36.9 Å². The average molecular weight is 480 g/mol. The highest BCUT2D eigenvalue weighted by atomic mass is 35.5. The number of amides is 2. The van der Waals surface area contributed by atoms with Gasteiger partial charge < -0.3 is 19.2 Å². The second kappa shape index (κ2) is 8.99. The number of nitrogens with zero attached hydrogens (tertiary/aromatic N) is 2. The Morgan fingerprint density at radius 2 is 1.88 bits per heavy atom. The largest absolute Gasteiger partial charge is 0.463 e. The first-order chi connectivity index (χ1) is 16.3. The van der Waals surface area contributed by atoms with Crippen LogP contribution in [-0.4, -0.2) is 32.9 Å². The number of fused-ring (bicyclic) bond motifs is 1. The van der Waals surface area contributed by atoms with Crippen LogP contribution in [0.4, 0.5) is 0 Å². The molecule has 0 spiro atoms. The van der Waals surface area contributed by atoms with Crippen molar-refractivity contribution in [3.8, 4) is 11.5 Å². The smallest absolute Gasteiger partial charge is 0.271 e. The van der Waals surface area contributed by atoms with Crippen LogP contribution in [0, 0.1) is 5.92 Å². The van der Waals surface area contributed by atoms with E-state index in [1.54, 1.807) is 17.2 Å². The van der Waals surface area contributed by atoms with Crippen LogP contribution in [-0.2, 0) is 17.9 Å². The summed E-state index contributed by atoms with van der Waals surface area (Å²) in [4.78, 5) is 29.3. The van der Waals surface area contributed by atoms with Crippen LogP contribution in [0.5, 0.6) is 0 Å². The normalized spacial score (nSPS) is 24.7. The Balaban J connectivity index is 1.51. The van der Waals surface area contributed by atoms with Crippen LogP contribution >= 0.6 is 11.6 Å². The van der Waals surface area contributed by atoms with Crippen molar-refractivity contribution in [1.29, 1.82) is 0 Å². The van der Waals surface area contributed by atoms with E-state index < -0.39 is 5.54 Å². The van der Waals surface area contributed by atoms with Crippen molar-refractivity contribution >= 4 is 23.4 Å². The third-order valence-electron chi connectivity index (χ3n) is 7.35. The number of aromatic nitrogens is 1. The van der Waals surface area contributed by atoms with Crippen molar-refractivity contribution in [2.24, 2.45) is 5.92 Å². The maximum Gasteiger partial charge on any atom is 0.271 e. The quantitative estimate of drug-likeness (QED) is 0.524. The molecule has 1 aliphatic heterocycles. The van der Waals surface area contributed by atoms with Crippen molar-refractivity contribution in [1.82, 2.24) is 14.8 Å². The minimum atomic E-state index is -1.07. The van der Waals surface area contributed by atoms with Crippen LogP contribution < -0.4 is 5.32 Å². The molecule has 7 heteroatoms. The summed E-state index contributed by atoms with van der Waals surface area (Å²) in [5, 5.41) is 3.88. The molecule has 178 valence electrons. The molecule has 0 radical (unpaired) electrons. The van der Waals surface area contributed by atoms with E-state index in [0.29, 0.717) is 35.5 Å². The highest BCUT2D eigenvalue weighted by molar-refractivity contribution is 6.30. The third kappa shape index (κ3) is 4.16. The highest BCUT2D eigenvalue weighted by Gasteiger charge is 2.48. The monoisotopic (exact) mass is 479 g/mol. The van der Waals surface area contributed by atoms with Crippen LogP contribution in [0.1, 0.15) is 55.6 Å². The van der Waals surface area contributed by atoms with Crippen LogP contribution in [0.2, 0.25) is 5.02 Å². The van der Waals surface area contributed by atoms with Gasteiger partial charge in [0.05, 0.1) is 18.5 Å². The Labute approximate surface area is 204 Å². The summed E-state index contributed by atoms with van der Waals surface area (Å²) in [6.07, 6.45) is 5.77. The summed E-state index contributed by atoms with van der Waals surface area (Å²) < 4.78 is 7.53. The first-order valence-corrected chi connectivity index (χ1v) is 12.3. The molecule has 1 saturated carbocycles. The number of benzene rings is 1. The molecular weight excluding hydrogens is 450 g/mol. The molecular formula is C27H30ClN3O3. The Kier molecular flexibility index (Phi) is 6.02. The number of nitrogens with one attached hydrogen (secondary N) is 1. The number of halogens is 1. The zero-order chi connectivity index (χ0) is 23.9. The molecule has 2 aromatic heterocycles. The van der Waals surface area contributed by atoms with Gasteiger partial charge in [0.15, 0.2) is 0 Å². The highest BCUT2D eigenvalue weighted by Crippen LogP contribution is 2.35. The van der Waals surface area contributed by atoms with E-state index in [4.69, 9.17) is 16.0 Å². The molecule has 34 heavy (non-hydrogen) atoms. The third-order valence-corrected chi connectivity index (χ3v) is 7.59. The Hall–Kier alpha value is -2.99. The fourth-order valence-corrected chi connectivity index (χ4v) is 5.44. The number of hydrogen-bond donors (Lipinski definition) is 1. The molecule has 6 nitrogen and oxygen atoms in total. The molecule has 0 bridgehead atoms. The molecule has 2 amide bonds. The van der Waals surface area contributed by atoms with E-state index in [1.165, 1.54) is 0 Å². The first-order valence-electron chi connectivity index (χ1n) is 12.0. The van der Waals surface area contributed by atoms with Crippen LogP contribution in [0.3, 0.4) is 0 Å². The minimum Gasteiger partial charge on any atom is -0.463 e. The lowest BCUT2D eigenvalue weighted by Crippen LogP contribution is -2.64. The second-order valence-electron chi connectivity index (χ2n) is 9.89. The van der Waals surface area contributed by atoms with Crippen LogP contribution in [0.15, 0.2) is 59.2 Å². The fourth-order valence-electron chi connectivity index (χ4n) is 5.22. The van der Waals surface area contributed by atoms with Crippen molar-refractivity contribution in [2.75, 3.05) is 0 Å². The van der Waals surface area contributed by atoms with Crippen molar-refractivity contribution in [3.63, 3.8) is 0 Å². The number of rotatable bonds is 5. The van der Waals surface area contributed by atoms with Gasteiger partial charge in [0.25, 0.3) is 5.91 Å². The zero-order valence-corrected chi connectivity index (χ0v) is 20.3. The van der Waals surface area contributed by atoms with Gasteiger partial charge >= 0.3 is 0 Å². The van der Waals surface area contributed by atoms with Gasteiger partial charge in [0.2, 0.25) is 5.91 Å². The van der Waals surface area contributed by atoms with E-state index in [-0.39, 0.29) is 17.9 Å². The Morgan fingerprint density at radius 1 is 1.12 bits per heavy atom. The lowest BCUT2D eigenvalue weighted by Gasteiger charge is -2.45. The summed E-state index contributed by atoms with van der Waals surface area (Å²) in [6, 6.07) is 15.0. The van der Waals surface area contributed by atoms with Gasteiger partial charge in [-0.2, -0.15) is 0 Å². The number of carbonyl (C=O) groups is 2. The predicted molar refractivity (Wildman–Crippen MR) is 131 cm³/mol. The second-order valence-corrected chi connectivity index (χ2v) is 10.3. The molecule has 5 rings (SSSR count). The summed E-state index contributed by atoms with van der Waals surface area (Å²) in [6.45, 7) is 4.76. The molecule has 1 fully saturated rings. The number of carbonyl (C=O) groups excluding carboxylic acids is 2. The molecule has 0 saturated heterocycles. The van der Waals surface area contributed by atoms with Gasteiger partial charge in [-0.15, -0.1) is 0 Å². The van der Waals surface area contributed by atoms with Gasteiger partial charge in [0.1, 0.15) is 17.0 Å². The summed E-state index contributed by atoms with van der Waals surface area (Å²) in [5.74, 6) is 1.06. The lowest BCUT2D eigenvalue weighted by molar-refractivity contribution is -0.134. The number of hydrogen-bond acceptors (Lipinski definition) is 3. The van der Waals surface area contributed by atoms with Crippen molar-refractivity contribution < 1.29 is 14.0 Å². The first kappa shape index (κ1) is 22.8. The van der Waals surface area contributed by atoms with Crippen molar-refractivity contribution in [3.05, 3.63) is 71.1 Å². The summed E-state index contributed by atoms with van der Waals surface area (Å²) in [5.41, 5.74) is 1.15. The Morgan fingerprint density at radius 3 is 2.59 bits per heavy atom. The minimum absolute atomic E-state index is 0.118. The molecule has 1 N–H and O–H groups in total. The molecule has 1 aromatic carbocycles. The summed E-state index contributed by atoms with van der Waals surface area (Å²) >= 11 is 6.22. The maximum absolute atomic E-state index is 13.8. The fraction of sp³-hybridized carbons (Fsp3) is 0.407. The standard InChI is InChI=1S/C27H30ClN3O3/c1-18-8-10-21(11-9-18)29-26(33)27(2)17-30-22(24-7-4-14-34-24)12-13-23(30)25(32)31(27)16-19-5-3-6-20(28)15-19/h3-7,12-15,18,21H,8-11,16-17H2,1-2H3,(H,29,33)/t18?,21?,27-/m1/s1. The lowest BCUT2D eigenvalue weighted by atomic mass is 9.86. The van der Waals surface area contributed by atoms with E-state index in [1.807, 2.05) is 54.0 Å². The zero-order valence-electron chi connectivity index (χ0n) is 19.6. The molecule has 3 aromatic rings. The molecule has 1 atom stereocenters.